The zero-order valence-corrected chi connectivity index (χ0v) is 16.7. The monoisotopic (exact) mass is 392 g/mol. The first-order valence-electron chi connectivity index (χ1n) is 9.37. The van der Waals surface area contributed by atoms with Crippen LogP contribution < -0.4 is 10.0 Å². The Balaban J connectivity index is 1.44. The lowest BCUT2D eigenvalue weighted by Crippen LogP contribution is -2.51. The summed E-state index contributed by atoms with van der Waals surface area (Å²) in [6.07, 6.45) is 5.41. The van der Waals surface area contributed by atoms with E-state index in [-0.39, 0.29) is 18.0 Å². The molecule has 2 heterocycles. The second kappa shape index (κ2) is 8.41. The lowest BCUT2D eigenvalue weighted by Gasteiger charge is -2.35. The number of benzene rings is 1. The Hall–Kier alpha value is -1.90. The summed E-state index contributed by atoms with van der Waals surface area (Å²) in [6.45, 7) is 3.93. The van der Waals surface area contributed by atoms with Crippen LogP contribution in [0.5, 0.6) is 0 Å². The molecule has 8 heteroatoms. The number of hydrogen-bond donors (Lipinski definition) is 3. The number of aromatic amines is 1. The standard InChI is InChI=1S/C19H28N4O3S/c1-14(23-11-8-16(9-12-23)22-27(2,25)26)19(24)20-10-7-15-13-21-18-6-4-3-5-17(15)18/h3-6,13-14,16,21-22H,7-12H2,1-2H3,(H,20,24). The Morgan fingerprint density at radius 3 is 2.70 bits per heavy atom. The second-order valence-corrected chi connectivity index (χ2v) is 9.06. The normalized spacial score (nSPS) is 17.9. The van der Waals surface area contributed by atoms with Gasteiger partial charge >= 0.3 is 0 Å². The van der Waals surface area contributed by atoms with Crippen LogP contribution in [-0.4, -0.2) is 62.2 Å². The van der Waals surface area contributed by atoms with Gasteiger partial charge in [-0.3, -0.25) is 9.69 Å². The third kappa shape index (κ3) is 5.31. The van der Waals surface area contributed by atoms with Crippen LogP contribution >= 0.6 is 0 Å². The Kier molecular flexibility index (Phi) is 6.18. The molecule has 1 unspecified atom stereocenters. The van der Waals surface area contributed by atoms with Crippen molar-refractivity contribution < 1.29 is 13.2 Å². The molecule has 3 N–H and O–H groups in total. The van der Waals surface area contributed by atoms with Crippen LogP contribution in [0.25, 0.3) is 10.9 Å². The third-order valence-electron chi connectivity index (χ3n) is 5.21. The molecule has 1 amide bonds. The smallest absolute Gasteiger partial charge is 0.237 e. The molecule has 0 saturated carbocycles. The molecule has 0 spiro atoms. The summed E-state index contributed by atoms with van der Waals surface area (Å²) >= 11 is 0. The molecule has 2 aromatic rings. The number of likely N-dealkylation sites (tertiary alicyclic amines) is 1. The molecule has 1 fully saturated rings. The van der Waals surface area contributed by atoms with Crippen molar-refractivity contribution in [3.05, 3.63) is 36.0 Å². The molecule has 27 heavy (non-hydrogen) atoms. The van der Waals surface area contributed by atoms with Crippen LogP contribution in [0.15, 0.2) is 30.5 Å². The fourth-order valence-electron chi connectivity index (χ4n) is 3.68. The van der Waals surface area contributed by atoms with Crippen molar-refractivity contribution in [2.45, 2.75) is 38.3 Å². The van der Waals surface area contributed by atoms with Crippen molar-refractivity contribution in [3.63, 3.8) is 0 Å². The quantitative estimate of drug-likeness (QED) is 0.661. The predicted octanol–water partition coefficient (Wildman–Crippen LogP) is 1.23. The minimum atomic E-state index is -3.18. The van der Waals surface area contributed by atoms with Crippen molar-refractivity contribution in [2.24, 2.45) is 0 Å². The summed E-state index contributed by atoms with van der Waals surface area (Å²) in [4.78, 5) is 17.8. The van der Waals surface area contributed by atoms with Gasteiger partial charge in [0, 0.05) is 42.8 Å². The van der Waals surface area contributed by atoms with Gasteiger partial charge in [-0.2, -0.15) is 0 Å². The summed E-state index contributed by atoms with van der Waals surface area (Å²) in [5.74, 6) is 0.0179. The van der Waals surface area contributed by atoms with Gasteiger partial charge in [-0.25, -0.2) is 13.1 Å². The van der Waals surface area contributed by atoms with Gasteiger partial charge in [0.05, 0.1) is 12.3 Å². The lowest BCUT2D eigenvalue weighted by atomic mass is 10.0. The van der Waals surface area contributed by atoms with Crippen LogP contribution in [0.3, 0.4) is 0 Å². The first-order valence-corrected chi connectivity index (χ1v) is 11.3. The van der Waals surface area contributed by atoms with Gasteiger partial charge in [-0.1, -0.05) is 18.2 Å². The van der Waals surface area contributed by atoms with Gasteiger partial charge in [0.15, 0.2) is 0 Å². The Morgan fingerprint density at radius 1 is 1.30 bits per heavy atom. The fourth-order valence-corrected chi connectivity index (χ4v) is 4.52. The summed E-state index contributed by atoms with van der Waals surface area (Å²) in [5, 5.41) is 4.22. The average Bonchev–Trinajstić information content (AvgIpc) is 3.04. The van der Waals surface area contributed by atoms with Gasteiger partial charge in [0.1, 0.15) is 0 Å². The van der Waals surface area contributed by atoms with Gasteiger partial charge in [-0.05, 0) is 37.8 Å². The number of piperidine rings is 1. The van der Waals surface area contributed by atoms with E-state index in [2.05, 4.69) is 26.0 Å². The van der Waals surface area contributed by atoms with Crippen LogP contribution in [0.2, 0.25) is 0 Å². The molecule has 1 atom stereocenters. The number of H-pyrrole nitrogens is 1. The minimum absolute atomic E-state index is 0.0179. The van der Waals surface area contributed by atoms with Crippen LogP contribution in [0, 0.1) is 0 Å². The van der Waals surface area contributed by atoms with Crippen LogP contribution in [0.4, 0.5) is 0 Å². The SMILES string of the molecule is CC(C(=O)NCCc1c[nH]c2ccccc12)N1CCC(NS(C)(=O)=O)CC1. The molecule has 1 aliphatic heterocycles. The molecule has 7 nitrogen and oxygen atoms in total. The van der Waals surface area contributed by atoms with E-state index in [1.807, 2.05) is 31.3 Å². The molecule has 1 aliphatic rings. The average molecular weight is 393 g/mol. The minimum Gasteiger partial charge on any atom is -0.361 e. The zero-order chi connectivity index (χ0) is 19.4. The third-order valence-corrected chi connectivity index (χ3v) is 5.97. The topological polar surface area (TPSA) is 94.3 Å². The number of fused-ring (bicyclic) bond motifs is 1. The second-order valence-electron chi connectivity index (χ2n) is 7.28. The van der Waals surface area contributed by atoms with E-state index < -0.39 is 10.0 Å². The summed E-state index contributed by atoms with van der Waals surface area (Å²) in [5.41, 5.74) is 2.31. The number of rotatable bonds is 7. The Bertz CT molecular complexity index is 885. The molecule has 1 aromatic carbocycles. The van der Waals surface area contributed by atoms with Crippen molar-refractivity contribution in [1.82, 2.24) is 19.9 Å². The molecule has 1 saturated heterocycles. The maximum Gasteiger partial charge on any atom is 0.237 e. The maximum absolute atomic E-state index is 12.5. The number of amides is 1. The molecule has 0 aliphatic carbocycles. The number of nitrogens with zero attached hydrogens (tertiary/aromatic N) is 1. The van der Waals surface area contributed by atoms with Crippen LogP contribution in [-0.2, 0) is 21.2 Å². The molecule has 0 bridgehead atoms. The number of aromatic nitrogens is 1. The van der Waals surface area contributed by atoms with Crippen molar-refractivity contribution in [3.8, 4) is 0 Å². The Morgan fingerprint density at radius 2 is 2.00 bits per heavy atom. The zero-order valence-electron chi connectivity index (χ0n) is 15.9. The van der Waals surface area contributed by atoms with Crippen molar-refractivity contribution in [2.75, 3.05) is 25.9 Å². The first-order chi connectivity index (χ1) is 12.8. The highest BCUT2D eigenvalue weighted by atomic mass is 32.2. The van der Waals surface area contributed by atoms with E-state index >= 15 is 0 Å². The molecule has 3 rings (SSSR count). The van der Waals surface area contributed by atoms with Crippen LogP contribution in [0.1, 0.15) is 25.3 Å². The molecule has 0 radical (unpaired) electrons. The number of sulfonamides is 1. The lowest BCUT2D eigenvalue weighted by molar-refractivity contribution is -0.126. The number of nitrogens with one attached hydrogen (secondary N) is 3. The van der Waals surface area contributed by atoms with E-state index in [0.29, 0.717) is 19.6 Å². The number of para-hydroxylation sites is 1. The largest absolute Gasteiger partial charge is 0.361 e. The summed E-state index contributed by atoms with van der Waals surface area (Å²) in [7, 11) is -3.18. The molecule has 1 aromatic heterocycles. The summed E-state index contributed by atoms with van der Waals surface area (Å²) < 4.78 is 25.3. The maximum atomic E-state index is 12.5. The first kappa shape index (κ1) is 19.9. The highest BCUT2D eigenvalue weighted by Crippen LogP contribution is 2.18. The van der Waals surface area contributed by atoms with Gasteiger partial charge in [-0.15, -0.1) is 0 Å². The van der Waals surface area contributed by atoms with Gasteiger partial charge in [0.25, 0.3) is 0 Å². The van der Waals surface area contributed by atoms with E-state index in [1.165, 1.54) is 17.2 Å². The number of carbonyl (C=O) groups excluding carboxylic acids is 1. The summed E-state index contributed by atoms with van der Waals surface area (Å²) in [6, 6.07) is 7.89. The Labute approximate surface area is 160 Å². The van der Waals surface area contributed by atoms with Crippen molar-refractivity contribution >= 4 is 26.8 Å². The fraction of sp³-hybridized carbons (Fsp3) is 0.526. The molecular weight excluding hydrogens is 364 g/mol. The van der Waals surface area contributed by atoms with Gasteiger partial charge < -0.3 is 10.3 Å². The number of hydrogen-bond acceptors (Lipinski definition) is 4. The molecular formula is C19H28N4O3S. The highest BCUT2D eigenvalue weighted by Gasteiger charge is 2.27. The van der Waals surface area contributed by atoms with E-state index in [0.717, 1.165) is 24.8 Å². The molecule has 148 valence electrons. The highest BCUT2D eigenvalue weighted by molar-refractivity contribution is 7.88. The van der Waals surface area contributed by atoms with E-state index in [4.69, 9.17) is 0 Å². The number of carbonyl (C=O) groups is 1. The van der Waals surface area contributed by atoms with Gasteiger partial charge in [0.2, 0.25) is 15.9 Å². The predicted molar refractivity (Wildman–Crippen MR) is 107 cm³/mol. The van der Waals surface area contributed by atoms with Crippen molar-refractivity contribution in [1.29, 1.82) is 0 Å². The van der Waals surface area contributed by atoms with E-state index in [1.54, 1.807) is 0 Å². The van der Waals surface area contributed by atoms with E-state index in [9.17, 15) is 13.2 Å².